The number of hydrogen-bond donors (Lipinski definition) is 1. The molecule has 0 aromatic heterocycles. The Labute approximate surface area is 110 Å². The van der Waals surface area contributed by atoms with Gasteiger partial charge in [-0.3, -0.25) is 0 Å². The predicted octanol–water partition coefficient (Wildman–Crippen LogP) is 1.38. The summed E-state index contributed by atoms with van der Waals surface area (Å²) in [5, 5.41) is 10.3. The molecule has 98 valence electrons. The van der Waals surface area contributed by atoms with E-state index in [1.807, 2.05) is 24.3 Å². The highest BCUT2D eigenvalue weighted by Gasteiger charge is 2.47. The van der Waals surface area contributed by atoms with E-state index in [1.165, 1.54) is 0 Å². The molecule has 0 bridgehead atoms. The first-order valence-corrected chi connectivity index (χ1v) is 6.39. The van der Waals surface area contributed by atoms with Crippen LogP contribution in [0.4, 0.5) is 0 Å². The average Bonchev–Trinajstić information content (AvgIpc) is 2.91. The molecule has 0 amide bonds. The van der Waals surface area contributed by atoms with Gasteiger partial charge in [-0.25, -0.2) is 0 Å². The molecule has 5 heteroatoms. The maximum Gasteiger partial charge on any atom is 0.115 e. The van der Waals surface area contributed by atoms with Gasteiger partial charge in [0.2, 0.25) is 0 Å². The average molecular weight is 271 g/mol. The molecule has 4 nitrogen and oxygen atoms in total. The Balaban J connectivity index is 1.58. The SMILES string of the molecule is O[C@@H]1CO[C@H]2[C@@H]1OC[C@@H]2OCc1cccc(Cl)c1. The molecule has 4 atom stereocenters. The first kappa shape index (κ1) is 12.4. The van der Waals surface area contributed by atoms with Crippen molar-refractivity contribution in [3.63, 3.8) is 0 Å². The van der Waals surface area contributed by atoms with Gasteiger partial charge in [-0.15, -0.1) is 0 Å². The molecule has 2 aliphatic rings. The lowest BCUT2D eigenvalue weighted by Crippen LogP contribution is -2.32. The van der Waals surface area contributed by atoms with E-state index in [-0.39, 0.29) is 18.3 Å². The quantitative estimate of drug-likeness (QED) is 0.902. The van der Waals surface area contributed by atoms with Crippen molar-refractivity contribution in [2.24, 2.45) is 0 Å². The third-order valence-corrected chi connectivity index (χ3v) is 3.57. The zero-order valence-corrected chi connectivity index (χ0v) is 10.5. The highest BCUT2D eigenvalue weighted by atomic mass is 35.5. The summed E-state index contributed by atoms with van der Waals surface area (Å²) in [6, 6.07) is 7.56. The van der Waals surface area contributed by atoms with Crippen LogP contribution in [0.25, 0.3) is 0 Å². The molecule has 2 fully saturated rings. The third kappa shape index (κ3) is 2.39. The van der Waals surface area contributed by atoms with Crippen LogP contribution >= 0.6 is 11.6 Å². The molecule has 1 aromatic carbocycles. The fourth-order valence-electron chi connectivity index (χ4n) is 2.42. The summed E-state index contributed by atoms with van der Waals surface area (Å²) in [4.78, 5) is 0. The first-order chi connectivity index (χ1) is 8.74. The number of aliphatic hydroxyl groups is 1. The van der Waals surface area contributed by atoms with Crippen LogP contribution < -0.4 is 0 Å². The number of rotatable bonds is 3. The Morgan fingerprint density at radius 3 is 2.94 bits per heavy atom. The molecule has 0 unspecified atom stereocenters. The minimum atomic E-state index is -0.533. The molecule has 1 aromatic rings. The Bertz CT molecular complexity index is 425. The lowest BCUT2D eigenvalue weighted by molar-refractivity contribution is -0.0439. The molecule has 2 aliphatic heterocycles. The van der Waals surface area contributed by atoms with Gasteiger partial charge < -0.3 is 19.3 Å². The topological polar surface area (TPSA) is 47.9 Å². The molecular formula is C13H15ClO4. The van der Waals surface area contributed by atoms with Crippen molar-refractivity contribution in [1.82, 2.24) is 0 Å². The fraction of sp³-hybridized carbons (Fsp3) is 0.538. The summed E-state index contributed by atoms with van der Waals surface area (Å²) in [7, 11) is 0. The van der Waals surface area contributed by atoms with Crippen LogP contribution in [0.5, 0.6) is 0 Å². The van der Waals surface area contributed by atoms with Crippen molar-refractivity contribution >= 4 is 11.6 Å². The second-order valence-electron chi connectivity index (χ2n) is 4.64. The maximum atomic E-state index is 9.62. The standard InChI is InChI=1S/C13H15ClO4/c14-9-3-1-2-8(4-9)5-16-11-7-18-12-10(15)6-17-13(11)12/h1-4,10-13,15H,5-7H2/t10-,11+,12-,13-/m1/s1. The Kier molecular flexibility index (Phi) is 3.54. The number of fused-ring (bicyclic) bond motifs is 1. The Morgan fingerprint density at radius 1 is 1.28 bits per heavy atom. The maximum absolute atomic E-state index is 9.62. The van der Waals surface area contributed by atoms with E-state index in [0.717, 1.165) is 5.56 Å². The van der Waals surface area contributed by atoms with Crippen LogP contribution in [0.1, 0.15) is 5.56 Å². The summed E-state index contributed by atoms with van der Waals surface area (Å²) >= 11 is 5.91. The number of halogens is 1. The lowest BCUT2D eigenvalue weighted by atomic mass is 10.1. The van der Waals surface area contributed by atoms with Gasteiger partial charge in [0.1, 0.15) is 24.4 Å². The van der Waals surface area contributed by atoms with Crippen molar-refractivity contribution in [3.8, 4) is 0 Å². The van der Waals surface area contributed by atoms with Gasteiger partial charge in [0.25, 0.3) is 0 Å². The third-order valence-electron chi connectivity index (χ3n) is 3.33. The van der Waals surface area contributed by atoms with Crippen molar-refractivity contribution in [1.29, 1.82) is 0 Å². The van der Waals surface area contributed by atoms with Gasteiger partial charge in [0.15, 0.2) is 0 Å². The van der Waals surface area contributed by atoms with Crippen LogP contribution in [0, 0.1) is 0 Å². The molecule has 0 spiro atoms. The summed E-state index contributed by atoms with van der Waals surface area (Å²) in [6.07, 6.45) is -1.05. The van der Waals surface area contributed by atoms with Crippen molar-refractivity contribution < 1.29 is 19.3 Å². The summed E-state index contributed by atoms with van der Waals surface area (Å²) in [6.45, 7) is 1.26. The molecule has 3 rings (SSSR count). The van der Waals surface area contributed by atoms with Gasteiger partial charge >= 0.3 is 0 Å². The Morgan fingerprint density at radius 2 is 2.11 bits per heavy atom. The van der Waals surface area contributed by atoms with Gasteiger partial charge in [0, 0.05) is 5.02 Å². The molecule has 2 saturated heterocycles. The van der Waals surface area contributed by atoms with E-state index in [9.17, 15) is 5.11 Å². The van der Waals surface area contributed by atoms with Gasteiger partial charge in [-0.05, 0) is 17.7 Å². The van der Waals surface area contributed by atoms with Crippen LogP contribution in [-0.4, -0.2) is 42.7 Å². The van der Waals surface area contributed by atoms with Gasteiger partial charge in [0.05, 0.1) is 19.8 Å². The summed E-state index contributed by atoms with van der Waals surface area (Å²) in [5.74, 6) is 0. The molecule has 0 aliphatic carbocycles. The van der Waals surface area contributed by atoms with Crippen LogP contribution in [-0.2, 0) is 20.8 Å². The molecule has 2 heterocycles. The smallest absolute Gasteiger partial charge is 0.115 e. The zero-order chi connectivity index (χ0) is 12.5. The molecular weight excluding hydrogens is 256 g/mol. The van der Waals surface area contributed by atoms with E-state index >= 15 is 0 Å². The molecule has 0 radical (unpaired) electrons. The monoisotopic (exact) mass is 270 g/mol. The van der Waals surface area contributed by atoms with E-state index in [2.05, 4.69) is 0 Å². The highest BCUT2D eigenvalue weighted by molar-refractivity contribution is 6.30. The first-order valence-electron chi connectivity index (χ1n) is 6.01. The fourth-order valence-corrected chi connectivity index (χ4v) is 2.63. The van der Waals surface area contributed by atoms with E-state index in [1.54, 1.807) is 0 Å². The van der Waals surface area contributed by atoms with Crippen molar-refractivity contribution in [2.75, 3.05) is 13.2 Å². The molecule has 1 N–H and O–H groups in total. The molecule has 0 saturated carbocycles. The number of aliphatic hydroxyl groups excluding tert-OH is 1. The highest BCUT2D eigenvalue weighted by Crippen LogP contribution is 2.29. The van der Waals surface area contributed by atoms with Crippen molar-refractivity contribution in [2.45, 2.75) is 31.0 Å². The van der Waals surface area contributed by atoms with E-state index in [4.69, 9.17) is 25.8 Å². The predicted molar refractivity (Wildman–Crippen MR) is 65.5 cm³/mol. The van der Waals surface area contributed by atoms with Crippen LogP contribution in [0.15, 0.2) is 24.3 Å². The van der Waals surface area contributed by atoms with Crippen molar-refractivity contribution in [3.05, 3.63) is 34.9 Å². The van der Waals surface area contributed by atoms with Crippen LogP contribution in [0.3, 0.4) is 0 Å². The summed E-state index contributed by atoms with van der Waals surface area (Å²) in [5.41, 5.74) is 1.02. The number of hydrogen-bond acceptors (Lipinski definition) is 4. The van der Waals surface area contributed by atoms with Gasteiger partial charge in [-0.1, -0.05) is 23.7 Å². The van der Waals surface area contributed by atoms with Crippen LogP contribution in [0.2, 0.25) is 5.02 Å². The zero-order valence-electron chi connectivity index (χ0n) is 9.79. The molecule has 18 heavy (non-hydrogen) atoms. The second-order valence-corrected chi connectivity index (χ2v) is 5.08. The van der Waals surface area contributed by atoms with E-state index in [0.29, 0.717) is 24.8 Å². The summed E-state index contributed by atoms with van der Waals surface area (Å²) < 4.78 is 16.8. The van der Waals surface area contributed by atoms with E-state index < -0.39 is 6.10 Å². The minimum absolute atomic E-state index is 0.119. The minimum Gasteiger partial charge on any atom is -0.388 e. The lowest BCUT2D eigenvalue weighted by Gasteiger charge is -2.16. The number of benzene rings is 1. The largest absolute Gasteiger partial charge is 0.388 e. The normalized spacial score (nSPS) is 34.8. The van der Waals surface area contributed by atoms with Gasteiger partial charge in [-0.2, -0.15) is 0 Å². The number of ether oxygens (including phenoxy) is 3. The second kappa shape index (κ2) is 5.15. The Hall–Kier alpha value is -0.650.